The number of carbonyl (C=O) groups excluding carboxylic acids is 1. The number of hydrogen-bond acceptors (Lipinski definition) is 5. The van der Waals surface area contributed by atoms with Gasteiger partial charge in [-0.15, -0.1) is 0 Å². The van der Waals surface area contributed by atoms with Crippen LogP contribution in [0.25, 0.3) is 0 Å². The van der Waals surface area contributed by atoms with Crippen molar-refractivity contribution in [1.82, 2.24) is 10.1 Å². The van der Waals surface area contributed by atoms with Gasteiger partial charge in [-0.1, -0.05) is 12.1 Å². The fourth-order valence-corrected chi connectivity index (χ4v) is 0.636. The zero-order valence-electron chi connectivity index (χ0n) is 6.65. The lowest BCUT2D eigenvalue weighted by atomic mass is 10.2. The van der Waals surface area contributed by atoms with Crippen LogP contribution in [0.5, 0.6) is 0 Å². The van der Waals surface area contributed by atoms with E-state index in [1.807, 2.05) is 6.92 Å². The summed E-state index contributed by atoms with van der Waals surface area (Å²) in [5.74, 6) is -0.517. The van der Waals surface area contributed by atoms with Gasteiger partial charge in [0.25, 0.3) is 11.7 Å². The Morgan fingerprint density at radius 2 is 2.42 bits per heavy atom. The smallest absolute Gasteiger partial charge is 0.290 e. The highest BCUT2D eigenvalue weighted by Gasteiger charge is 2.15. The molecule has 1 aromatic heterocycles. The molecule has 6 heteroatoms. The molecule has 1 amide bonds. The van der Waals surface area contributed by atoms with E-state index in [1.165, 1.54) is 0 Å². The van der Waals surface area contributed by atoms with Gasteiger partial charge in [-0.05, 0) is 0 Å². The summed E-state index contributed by atoms with van der Waals surface area (Å²) < 4.78 is 4.74. The lowest BCUT2D eigenvalue weighted by Gasteiger charge is -1.98. The van der Waals surface area contributed by atoms with Crippen LogP contribution in [0.3, 0.4) is 0 Å². The molecule has 0 aliphatic heterocycles. The van der Waals surface area contributed by atoms with E-state index in [-0.39, 0.29) is 11.7 Å². The average Bonchev–Trinajstić information content (AvgIpc) is 2.51. The summed E-state index contributed by atoms with van der Waals surface area (Å²) in [5, 5.41) is 3.37. The van der Waals surface area contributed by atoms with Crippen molar-refractivity contribution in [3.05, 3.63) is 11.7 Å². The normalized spacial score (nSPS) is 12.8. The Hall–Kier alpha value is -1.43. The predicted molar refractivity (Wildman–Crippen MR) is 40.3 cm³/mol. The maximum atomic E-state index is 10.5. The van der Waals surface area contributed by atoms with Crippen LogP contribution in [-0.4, -0.2) is 22.6 Å². The maximum Gasteiger partial charge on any atom is 0.290 e. The minimum Gasteiger partial charge on any atom is -0.363 e. The van der Waals surface area contributed by atoms with Gasteiger partial charge in [-0.2, -0.15) is 4.98 Å². The quantitative estimate of drug-likeness (QED) is 0.619. The van der Waals surface area contributed by atoms with Gasteiger partial charge in [-0.25, -0.2) is 0 Å². The third kappa shape index (κ3) is 1.59. The van der Waals surface area contributed by atoms with Crippen molar-refractivity contribution < 1.29 is 9.32 Å². The second-order valence-electron chi connectivity index (χ2n) is 2.46. The number of aromatic nitrogens is 2. The molecular weight excluding hydrogens is 160 g/mol. The summed E-state index contributed by atoms with van der Waals surface area (Å²) in [5.41, 5.74) is 10.3. The van der Waals surface area contributed by atoms with Crippen LogP contribution in [0, 0.1) is 0 Å². The lowest BCUT2D eigenvalue weighted by molar-refractivity contribution is 0.0987. The molecule has 1 unspecified atom stereocenters. The molecule has 0 aromatic carbocycles. The number of carbonyl (C=O) groups is 1. The molecule has 66 valence electrons. The van der Waals surface area contributed by atoms with Crippen LogP contribution in [0.4, 0.5) is 0 Å². The first-order valence-electron chi connectivity index (χ1n) is 3.48. The summed E-state index contributed by atoms with van der Waals surface area (Å²) in [6.07, 6.45) is 0. The summed E-state index contributed by atoms with van der Waals surface area (Å²) in [4.78, 5) is 14.3. The lowest BCUT2D eigenvalue weighted by Crippen LogP contribution is -2.14. The van der Waals surface area contributed by atoms with Gasteiger partial charge in [0.2, 0.25) is 5.89 Å². The predicted octanol–water partition coefficient (Wildman–Crippen LogP) is -0.769. The van der Waals surface area contributed by atoms with Gasteiger partial charge >= 0.3 is 0 Å². The van der Waals surface area contributed by atoms with Crippen molar-refractivity contribution in [1.29, 1.82) is 0 Å². The minimum atomic E-state index is -0.700. The first-order chi connectivity index (χ1) is 5.65. The first kappa shape index (κ1) is 8.66. The number of rotatable bonds is 3. The van der Waals surface area contributed by atoms with Gasteiger partial charge in [0.1, 0.15) is 0 Å². The molecule has 1 heterocycles. The largest absolute Gasteiger partial charge is 0.363 e. The van der Waals surface area contributed by atoms with Crippen LogP contribution >= 0.6 is 0 Å². The van der Waals surface area contributed by atoms with E-state index in [9.17, 15) is 4.79 Å². The van der Waals surface area contributed by atoms with Gasteiger partial charge in [0, 0.05) is 12.5 Å². The molecule has 0 radical (unpaired) electrons. The molecule has 1 rings (SSSR count). The Kier molecular flexibility index (Phi) is 2.39. The Labute approximate surface area is 68.9 Å². The van der Waals surface area contributed by atoms with Crippen LogP contribution in [-0.2, 0) is 0 Å². The standard InChI is InChI=1S/C6H10N4O2/c1-3(2-7)6-9-5(4(8)11)10-12-6/h3H,2,7H2,1H3,(H2,8,11). The van der Waals surface area contributed by atoms with E-state index in [0.29, 0.717) is 12.4 Å². The zero-order valence-corrected chi connectivity index (χ0v) is 6.65. The van der Waals surface area contributed by atoms with Crippen molar-refractivity contribution in [2.45, 2.75) is 12.8 Å². The minimum absolute atomic E-state index is 0.0504. The summed E-state index contributed by atoms with van der Waals surface area (Å²) in [6, 6.07) is 0. The topological polar surface area (TPSA) is 108 Å². The molecule has 0 bridgehead atoms. The molecule has 0 aliphatic rings. The van der Waals surface area contributed by atoms with E-state index in [2.05, 4.69) is 10.1 Å². The van der Waals surface area contributed by atoms with Crippen molar-refractivity contribution in [3.8, 4) is 0 Å². The van der Waals surface area contributed by atoms with Gasteiger partial charge in [0.15, 0.2) is 0 Å². The van der Waals surface area contributed by atoms with Gasteiger partial charge in [0.05, 0.1) is 0 Å². The summed E-state index contributed by atoms with van der Waals surface area (Å²) in [6.45, 7) is 2.21. The van der Waals surface area contributed by atoms with Crippen molar-refractivity contribution >= 4 is 5.91 Å². The Balaban J connectivity index is 2.84. The molecule has 1 aromatic rings. The molecular formula is C6H10N4O2. The molecule has 4 N–H and O–H groups in total. The first-order valence-corrected chi connectivity index (χ1v) is 3.48. The molecule has 6 nitrogen and oxygen atoms in total. The van der Waals surface area contributed by atoms with E-state index in [4.69, 9.17) is 16.0 Å². The highest BCUT2D eigenvalue weighted by molar-refractivity contribution is 5.88. The van der Waals surface area contributed by atoms with E-state index < -0.39 is 5.91 Å². The maximum absolute atomic E-state index is 10.5. The monoisotopic (exact) mass is 170 g/mol. The molecule has 1 atom stereocenters. The molecule has 0 spiro atoms. The highest BCUT2D eigenvalue weighted by atomic mass is 16.5. The van der Waals surface area contributed by atoms with Crippen LogP contribution in [0.1, 0.15) is 29.4 Å². The Morgan fingerprint density at radius 1 is 1.75 bits per heavy atom. The number of primary amides is 1. The van der Waals surface area contributed by atoms with Gasteiger partial charge < -0.3 is 16.0 Å². The van der Waals surface area contributed by atoms with Crippen LogP contribution < -0.4 is 11.5 Å². The van der Waals surface area contributed by atoms with E-state index in [0.717, 1.165) is 0 Å². The molecule has 0 aliphatic carbocycles. The van der Waals surface area contributed by atoms with Crippen LogP contribution in [0.2, 0.25) is 0 Å². The zero-order chi connectivity index (χ0) is 9.14. The van der Waals surface area contributed by atoms with Gasteiger partial charge in [-0.3, -0.25) is 4.79 Å². The second kappa shape index (κ2) is 3.31. The number of hydrogen-bond donors (Lipinski definition) is 2. The Morgan fingerprint density at radius 3 is 2.83 bits per heavy atom. The van der Waals surface area contributed by atoms with E-state index in [1.54, 1.807) is 0 Å². The second-order valence-corrected chi connectivity index (χ2v) is 2.46. The number of nitrogens with two attached hydrogens (primary N) is 2. The molecule has 0 saturated carbocycles. The molecule has 0 saturated heterocycles. The van der Waals surface area contributed by atoms with Crippen molar-refractivity contribution in [2.75, 3.05) is 6.54 Å². The third-order valence-corrected chi connectivity index (χ3v) is 1.44. The number of amides is 1. The van der Waals surface area contributed by atoms with Crippen molar-refractivity contribution in [2.24, 2.45) is 11.5 Å². The fraction of sp³-hybridized carbons (Fsp3) is 0.500. The number of nitrogens with zero attached hydrogens (tertiary/aromatic N) is 2. The van der Waals surface area contributed by atoms with Crippen molar-refractivity contribution in [3.63, 3.8) is 0 Å². The summed E-state index contributed by atoms with van der Waals surface area (Å²) in [7, 11) is 0. The molecule has 12 heavy (non-hydrogen) atoms. The summed E-state index contributed by atoms with van der Waals surface area (Å²) >= 11 is 0. The van der Waals surface area contributed by atoms with Crippen LogP contribution in [0.15, 0.2) is 4.52 Å². The highest BCUT2D eigenvalue weighted by Crippen LogP contribution is 2.09. The third-order valence-electron chi connectivity index (χ3n) is 1.44. The fourth-order valence-electron chi connectivity index (χ4n) is 0.636. The Bertz CT molecular complexity index is 283. The van der Waals surface area contributed by atoms with E-state index >= 15 is 0 Å². The molecule has 0 fully saturated rings. The SMILES string of the molecule is CC(CN)c1nc(C(N)=O)no1. The average molecular weight is 170 g/mol.